The minimum absolute atomic E-state index is 0.0569. The topological polar surface area (TPSA) is 96.2 Å². The first-order valence-corrected chi connectivity index (χ1v) is 8.71. The zero-order valence-electron chi connectivity index (χ0n) is 14.0. The predicted octanol–water partition coefficient (Wildman–Crippen LogP) is 2.28. The molecule has 0 saturated carbocycles. The van der Waals surface area contributed by atoms with E-state index in [1.54, 1.807) is 12.1 Å². The summed E-state index contributed by atoms with van der Waals surface area (Å²) in [5, 5.41) is 9.22. The van der Waals surface area contributed by atoms with Crippen molar-refractivity contribution in [2.24, 2.45) is 11.7 Å². The summed E-state index contributed by atoms with van der Waals surface area (Å²) in [5.74, 6) is 0.617. The van der Waals surface area contributed by atoms with Crippen LogP contribution in [0, 0.1) is 5.92 Å². The molecule has 5 N–H and O–H groups in total. The maximum absolute atomic E-state index is 12.3. The number of hydrogen-bond donors (Lipinski definition) is 4. The Bertz CT molecular complexity index is 590. The molecule has 1 aromatic carbocycles. The van der Waals surface area contributed by atoms with E-state index in [1.807, 2.05) is 19.1 Å². The molecule has 24 heavy (non-hydrogen) atoms. The van der Waals surface area contributed by atoms with Crippen LogP contribution in [-0.2, 0) is 4.79 Å². The summed E-state index contributed by atoms with van der Waals surface area (Å²) in [5.41, 5.74) is 6.74. The first-order chi connectivity index (χ1) is 11.5. The van der Waals surface area contributed by atoms with Crippen molar-refractivity contribution in [1.29, 1.82) is 0 Å². The van der Waals surface area contributed by atoms with Crippen LogP contribution in [0.4, 0.5) is 10.5 Å². The van der Waals surface area contributed by atoms with Crippen molar-refractivity contribution in [1.82, 2.24) is 10.6 Å². The van der Waals surface area contributed by atoms with Gasteiger partial charge in [0, 0.05) is 24.2 Å². The number of rotatable bonds is 5. The number of fused-ring (bicyclic) bond motifs is 2. The molecule has 3 amide bonds. The van der Waals surface area contributed by atoms with Crippen molar-refractivity contribution in [2.45, 2.75) is 57.2 Å². The Morgan fingerprint density at radius 1 is 1.21 bits per heavy atom. The minimum atomic E-state index is -0.583. The average molecular weight is 330 g/mol. The van der Waals surface area contributed by atoms with E-state index in [9.17, 15) is 9.59 Å². The zero-order chi connectivity index (χ0) is 17.1. The molecule has 2 fully saturated rings. The summed E-state index contributed by atoms with van der Waals surface area (Å²) in [4.78, 5) is 23.2. The summed E-state index contributed by atoms with van der Waals surface area (Å²) >= 11 is 0. The van der Waals surface area contributed by atoms with Gasteiger partial charge in [-0.05, 0) is 56.2 Å². The molecule has 6 heteroatoms. The lowest BCUT2D eigenvalue weighted by Crippen LogP contribution is -2.40. The van der Waals surface area contributed by atoms with E-state index < -0.39 is 6.03 Å². The van der Waals surface area contributed by atoms with Gasteiger partial charge in [0.1, 0.15) is 0 Å². The number of piperidine rings is 1. The molecular formula is C18H26N4O2. The van der Waals surface area contributed by atoms with E-state index >= 15 is 0 Å². The smallest absolute Gasteiger partial charge is 0.316 e. The van der Waals surface area contributed by atoms with Crippen molar-refractivity contribution >= 4 is 17.6 Å². The first kappa shape index (κ1) is 16.8. The molecule has 130 valence electrons. The summed E-state index contributed by atoms with van der Waals surface area (Å²) in [6, 6.07) is 7.94. The Morgan fingerprint density at radius 2 is 1.83 bits per heavy atom. The highest BCUT2D eigenvalue weighted by Gasteiger charge is 2.34. The van der Waals surface area contributed by atoms with Gasteiger partial charge in [-0.1, -0.05) is 12.1 Å². The summed E-state index contributed by atoms with van der Waals surface area (Å²) in [6.07, 6.45) is 5.35. The normalized spacial score (nSPS) is 26.6. The van der Waals surface area contributed by atoms with Gasteiger partial charge in [-0.2, -0.15) is 0 Å². The summed E-state index contributed by atoms with van der Waals surface area (Å²) < 4.78 is 0. The number of anilines is 1. The van der Waals surface area contributed by atoms with Crippen LogP contribution in [-0.4, -0.2) is 24.0 Å². The second-order valence-corrected chi connectivity index (χ2v) is 7.08. The first-order valence-electron chi connectivity index (χ1n) is 8.71. The van der Waals surface area contributed by atoms with Gasteiger partial charge in [0.05, 0.1) is 6.04 Å². The third-order valence-electron chi connectivity index (χ3n) is 5.10. The van der Waals surface area contributed by atoms with Crippen molar-refractivity contribution in [3.63, 3.8) is 0 Å². The second kappa shape index (κ2) is 7.21. The van der Waals surface area contributed by atoms with Gasteiger partial charge < -0.3 is 21.7 Å². The van der Waals surface area contributed by atoms with Gasteiger partial charge >= 0.3 is 6.03 Å². The number of nitrogens with two attached hydrogens (primary N) is 1. The van der Waals surface area contributed by atoms with Gasteiger partial charge in [-0.15, -0.1) is 0 Å². The lowest BCUT2D eigenvalue weighted by molar-refractivity contribution is -0.122. The van der Waals surface area contributed by atoms with E-state index in [0.717, 1.165) is 18.4 Å². The minimum Gasteiger partial charge on any atom is -0.351 e. The van der Waals surface area contributed by atoms with Crippen LogP contribution in [0.15, 0.2) is 24.3 Å². The Hall–Kier alpha value is -2.08. The third kappa shape index (κ3) is 4.26. The van der Waals surface area contributed by atoms with Gasteiger partial charge in [-0.25, -0.2) is 4.79 Å². The van der Waals surface area contributed by atoms with Gasteiger partial charge in [-0.3, -0.25) is 4.79 Å². The number of urea groups is 1. The molecular weight excluding hydrogens is 304 g/mol. The second-order valence-electron chi connectivity index (χ2n) is 7.08. The molecule has 2 bridgehead atoms. The van der Waals surface area contributed by atoms with E-state index in [0.29, 0.717) is 30.1 Å². The van der Waals surface area contributed by atoms with Crippen LogP contribution in [0.1, 0.15) is 50.6 Å². The SMILES string of the molecule is CC(NC(=O)CC1CC2CCC(C1)N2)c1ccc(NC(N)=O)cc1. The number of carbonyl (C=O) groups is 2. The molecule has 6 nitrogen and oxygen atoms in total. The van der Waals surface area contributed by atoms with Crippen molar-refractivity contribution in [3.05, 3.63) is 29.8 Å². The average Bonchev–Trinajstić information content (AvgIpc) is 2.86. The highest BCUT2D eigenvalue weighted by atomic mass is 16.2. The highest BCUT2D eigenvalue weighted by molar-refractivity contribution is 5.87. The standard InChI is InChI=1S/C18H26N4O2/c1-11(13-2-4-14(5-3-13)22-18(19)24)20-17(23)10-12-8-15-6-7-16(9-12)21-15/h2-5,11-12,15-16,21H,6-10H2,1H3,(H,20,23)(H3,19,22,24). The molecule has 3 atom stereocenters. The number of nitrogens with one attached hydrogen (secondary N) is 3. The fraction of sp³-hybridized carbons (Fsp3) is 0.556. The maximum atomic E-state index is 12.3. The van der Waals surface area contributed by atoms with Gasteiger partial charge in [0.2, 0.25) is 5.91 Å². The number of benzene rings is 1. The predicted molar refractivity (Wildman–Crippen MR) is 93.5 cm³/mol. The molecule has 1 aromatic rings. The fourth-order valence-electron chi connectivity index (χ4n) is 3.99. The van der Waals surface area contributed by atoms with E-state index in [4.69, 9.17) is 5.73 Å². The third-order valence-corrected chi connectivity index (χ3v) is 5.10. The van der Waals surface area contributed by atoms with Crippen LogP contribution in [0.2, 0.25) is 0 Å². The van der Waals surface area contributed by atoms with Crippen LogP contribution in [0.25, 0.3) is 0 Å². The van der Waals surface area contributed by atoms with Crippen LogP contribution in [0.3, 0.4) is 0 Å². The Kier molecular flexibility index (Phi) is 5.04. The highest BCUT2D eigenvalue weighted by Crippen LogP contribution is 2.32. The number of primary amides is 1. The molecule has 2 aliphatic heterocycles. The Labute approximate surface area is 142 Å². The van der Waals surface area contributed by atoms with Crippen LogP contribution >= 0.6 is 0 Å². The maximum Gasteiger partial charge on any atom is 0.316 e. The van der Waals surface area contributed by atoms with Crippen molar-refractivity contribution < 1.29 is 9.59 Å². The molecule has 2 heterocycles. The zero-order valence-corrected chi connectivity index (χ0v) is 14.0. The number of carbonyl (C=O) groups excluding carboxylic acids is 2. The number of amides is 3. The Morgan fingerprint density at radius 3 is 2.42 bits per heavy atom. The lowest BCUT2D eigenvalue weighted by atomic mass is 9.89. The van der Waals surface area contributed by atoms with E-state index in [1.165, 1.54) is 12.8 Å². The quantitative estimate of drug-likeness (QED) is 0.667. The van der Waals surface area contributed by atoms with Gasteiger partial charge in [0.25, 0.3) is 0 Å². The van der Waals surface area contributed by atoms with E-state index in [-0.39, 0.29) is 11.9 Å². The molecule has 3 rings (SSSR count). The lowest BCUT2D eigenvalue weighted by Gasteiger charge is -2.29. The van der Waals surface area contributed by atoms with Crippen molar-refractivity contribution in [3.8, 4) is 0 Å². The molecule has 0 aromatic heterocycles. The summed E-state index contributed by atoms with van der Waals surface area (Å²) in [7, 11) is 0. The molecule has 2 aliphatic rings. The Balaban J connectivity index is 1.49. The molecule has 0 radical (unpaired) electrons. The van der Waals surface area contributed by atoms with Gasteiger partial charge in [0.15, 0.2) is 0 Å². The monoisotopic (exact) mass is 330 g/mol. The largest absolute Gasteiger partial charge is 0.351 e. The van der Waals surface area contributed by atoms with E-state index in [2.05, 4.69) is 16.0 Å². The molecule has 2 saturated heterocycles. The van der Waals surface area contributed by atoms with Crippen molar-refractivity contribution in [2.75, 3.05) is 5.32 Å². The van der Waals surface area contributed by atoms with Crippen LogP contribution in [0.5, 0.6) is 0 Å². The summed E-state index contributed by atoms with van der Waals surface area (Å²) in [6.45, 7) is 1.97. The van der Waals surface area contributed by atoms with Crippen LogP contribution < -0.4 is 21.7 Å². The fourth-order valence-corrected chi connectivity index (χ4v) is 3.99. The molecule has 3 unspecified atom stereocenters. The molecule has 0 aliphatic carbocycles. The number of hydrogen-bond acceptors (Lipinski definition) is 3. The molecule has 0 spiro atoms.